The third kappa shape index (κ3) is 3.74. The Morgan fingerprint density at radius 3 is 2.53 bits per heavy atom. The van der Waals surface area contributed by atoms with Crippen molar-refractivity contribution >= 4 is 12.2 Å². The number of carbonyl (C=O) groups is 1. The predicted octanol–water partition coefficient (Wildman–Crippen LogP) is 1.24. The number of nitro benzene ring substituents is 1. The van der Waals surface area contributed by atoms with Gasteiger partial charge < -0.3 is 9.47 Å². The molecule has 0 saturated heterocycles. The Kier molecular flexibility index (Phi) is 4.24. The number of carbonyl (C=O) groups excluding carboxylic acids is 1. The summed E-state index contributed by atoms with van der Waals surface area (Å²) in [7, 11) is 0. The molecule has 1 rings (SSSR count). The molecule has 1 aromatic rings. The first-order chi connectivity index (χ1) is 7.24. The summed E-state index contributed by atoms with van der Waals surface area (Å²) >= 11 is 0. The van der Waals surface area contributed by atoms with E-state index >= 15 is 0 Å². The van der Waals surface area contributed by atoms with Gasteiger partial charge in [-0.05, 0) is 17.7 Å². The van der Waals surface area contributed by atoms with Crippen LogP contribution in [0.2, 0.25) is 0 Å². The van der Waals surface area contributed by atoms with Crippen molar-refractivity contribution in [3.63, 3.8) is 0 Å². The predicted molar refractivity (Wildman–Crippen MR) is 49.9 cm³/mol. The molecule has 15 heavy (non-hydrogen) atoms. The molecule has 0 spiro atoms. The van der Waals surface area contributed by atoms with Crippen molar-refractivity contribution in [3.05, 3.63) is 39.9 Å². The standard InChI is InChI=1S/C9H9NO5/c11-6-15-7-14-5-8-1-3-9(4-2-8)10(12)13/h1-4,6H,5,7H2. The molecule has 0 aliphatic rings. The fraction of sp³-hybridized carbons (Fsp3) is 0.222. The molecule has 1 aromatic carbocycles. The number of nitro groups is 1. The number of nitrogens with zero attached hydrogens (tertiary/aromatic N) is 1. The first-order valence-electron chi connectivity index (χ1n) is 4.10. The number of non-ortho nitro benzene ring substituents is 1. The van der Waals surface area contributed by atoms with E-state index in [1.807, 2.05) is 0 Å². The van der Waals surface area contributed by atoms with Crippen LogP contribution in [0.25, 0.3) is 0 Å². The largest absolute Gasteiger partial charge is 0.441 e. The normalized spacial score (nSPS) is 9.60. The number of rotatable bonds is 6. The summed E-state index contributed by atoms with van der Waals surface area (Å²) in [6, 6.07) is 5.94. The lowest BCUT2D eigenvalue weighted by Gasteiger charge is -2.02. The molecule has 0 saturated carbocycles. The Morgan fingerprint density at radius 2 is 2.00 bits per heavy atom. The molecule has 80 valence electrons. The van der Waals surface area contributed by atoms with Gasteiger partial charge in [-0.15, -0.1) is 0 Å². The number of hydrogen-bond donors (Lipinski definition) is 0. The minimum absolute atomic E-state index is 0.0305. The van der Waals surface area contributed by atoms with Crippen LogP contribution in [-0.4, -0.2) is 18.2 Å². The highest BCUT2D eigenvalue weighted by Crippen LogP contribution is 2.12. The zero-order valence-corrected chi connectivity index (χ0v) is 7.79. The lowest BCUT2D eigenvalue weighted by atomic mass is 10.2. The molecular formula is C9H9NO5. The van der Waals surface area contributed by atoms with Gasteiger partial charge in [0.2, 0.25) is 0 Å². The molecule has 0 heterocycles. The fourth-order valence-electron chi connectivity index (χ4n) is 0.949. The van der Waals surface area contributed by atoms with E-state index < -0.39 is 4.92 Å². The highest BCUT2D eigenvalue weighted by Gasteiger charge is 2.03. The minimum Gasteiger partial charge on any atom is -0.441 e. The second kappa shape index (κ2) is 5.71. The van der Waals surface area contributed by atoms with E-state index in [1.165, 1.54) is 12.1 Å². The lowest BCUT2D eigenvalue weighted by molar-refractivity contribution is -0.384. The number of ether oxygens (including phenoxy) is 2. The first-order valence-corrected chi connectivity index (χ1v) is 4.10. The molecule has 6 nitrogen and oxygen atoms in total. The molecule has 0 bridgehead atoms. The maximum absolute atomic E-state index is 10.3. The first kappa shape index (κ1) is 11.1. The smallest absolute Gasteiger partial charge is 0.295 e. The summed E-state index contributed by atoms with van der Waals surface area (Å²) in [6.45, 7) is 0.405. The van der Waals surface area contributed by atoms with Crippen LogP contribution >= 0.6 is 0 Å². The van der Waals surface area contributed by atoms with Crippen molar-refractivity contribution in [3.8, 4) is 0 Å². The number of benzene rings is 1. The molecule has 0 radical (unpaired) electrons. The van der Waals surface area contributed by atoms with Crippen LogP contribution in [0.1, 0.15) is 5.56 Å². The zero-order chi connectivity index (χ0) is 11.1. The molecule has 0 aromatic heterocycles. The monoisotopic (exact) mass is 211 g/mol. The molecular weight excluding hydrogens is 202 g/mol. The van der Waals surface area contributed by atoms with E-state index in [2.05, 4.69) is 4.74 Å². The summed E-state index contributed by atoms with van der Waals surface area (Å²) < 4.78 is 9.24. The van der Waals surface area contributed by atoms with Crippen LogP contribution in [0.5, 0.6) is 0 Å². The van der Waals surface area contributed by atoms with Crippen LogP contribution in [0.4, 0.5) is 5.69 Å². The molecule has 0 fully saturated rings. The molecule has 0 N–H and O–H groups in total. The van der Waals surface area contributed by atoms with Crippen LogP contribution in [0, 0.1) is 10.1 Å². The number of hydrogen-bond acceptors (Lipinski definition) is 5. The second-order valence-electron chi connectivity index (χ2n) is 2.65. The Balaban J connectivity index is 2.42. The Morgan fingerprint density at radius 1 is 1.33 bits per heavy atom. The minimum atomic E-state index is -0.472. The SMILES string of the molecule is O=COCOCc1ccc([N+](=O)[O-])cc1. The van der Waals surface area contributed by atoms with Gasteiger partial charge >= 0.3 is 0 Å². The van der Waals surface area contributed by atoms with Gasteiger partial charge in [0.1, 0.15) is 0 Å². The van der Waals surface area contributed by atoms with Gasteiger partial charge in [0.05, 0.1) is 11.5 Å². The maximum atomic E-state index is 10.3. The maximum Gasteiger partial charge on any atom is 0.295 e. The summed E-state index contributed by atoms with van der Waals surface area (Å²) in [5.41, 5.74) is 0.804. The van der Waals surface area contributed by atoms with E-state index in [1.54, 1.807) is 12.1 Å². The van der Waals surface area contributed by atoms with Gasteiger partial charge in [-0.1, -0.05) is 0 Å². The van der Waals surface area contributed by atoms with Crippen molar-refractivity contribution in [1.29, 1.82) is 0 Å². The Hall–Kier alpha value is -1.95. The van der Waals surface area contributed by atoms with Gasteiger partial charge in [-0.2, -0.15) is 0 Å². The highest BCUT2D eigenvalue weighted by molar-refractivity contribution is 5.36. The van der Waals surface area contributed by atoms with E-state index in [4.69, 9.17) is 4.74 Å². The third-order valence-electron chi connectivity index (χ3n) is 1.64. The zero-order valence-electron chi connectivity index (χ0n) is 7.79. The van der Waals surface area contributed by atoms with Gasteiger partial charge in [0, 0.05) is 12.1 Å². The Labute approximate surface area is 85.6 Å². The molecule has 6 heteroatoms. The Bertz CT molecular complexity index is 335. The van der Waals surface area contributed by atoms with E-state index in [0.717, 1.165) is 5.56 Å². The molecule has 0 amide bonds. The van der Waals surface area contributed by atoms with Crippen molar-refractivity contribution in [2.75, 3.05) is 6.79 Å². The van der Waals surface area contributed by atoms with Crippen LogP contribution in [-0.2, 0) is 20.9 Å². The quantitative estimate of drug-likeness (QED) is 0.232. The molecule has 0 aliphatic carbocycles. The lowest BCUT2D eigenvalue weighted by Crippen LogP contribution is -1.98. The average molecular weight is 211 g/mol. The highest BCUT2D eigenvalue weighted by atomic mass is 16.7. The summed E-state index contributed by atoms with van der Waals surface area (Å²) in [6.07, 6.45) is 0. The summed E-state index contributed by atoms with van der Waals surface area (Å²) in [4.78, 5) is 19.6. The van der Waals surface area contributed by atoms with Gasteiger partial charge in [0.15, 0.2) is 6.79 Å². The van der Waals surface area contributed by atoms with Crippen LogP contribution in [0.15, 0.2) is 24.3 Å². The van der Waals surface area contributed by atoms with Gasteiger partial charge in [-0.3, -0.25) is 14.9 Å². The summed E-state index contributed by atoms with van der Waals surface area (Å²) in [5.74, 6) is 0. The molecule has 0 aliphatic heterocycles. The second-order valence-corrected chi connectivity index (χ2v) is 2.65. The van der Waals surface area contributed by atoms with Crippen molar-refractivity contribution < 1.29 is 19.2 Å². The van der Waals surface area contributed by atoms with E-state index in [9.17, 15) is 14.9 Å². The van der Waals surface area contributed by atoms with Gasteiger partial charge in [0.25, 0.3) is 12.2 Å². The fourth-order valence-corrected chi connectivity index (χ4v) is 0.949. The molecule has 0 atom stereocenters. The van der Waals surface area contributed by atoms with Crippen molar-refractivity contribution in [1.82, 2.24) is 0 Å². The van der Waals surface area contributed by atoms with Crippen molar-refractivity contribution in [2.24, 2.45) is 0 Å². The van der Waals surface area contributed by atoms with Gasteiger partial charge in [-0.25, -0.2) is 0 Å². The van der Waals surface area contributed by atoms with Crippen molar-refractivity contribution in [2.45, 2.75) is 6.61 Å². The van der Waals surface area contributed by atoms with Crippen LogP contribution in [0.3, 0.4) is 0 Å². The van der Waals surface area contributed by atoms with Crippen LogP contribution < -0.4 is 0 Å². The van der Waals surface area contributed by atoms with E-state index in [0.29, 0.717) is 0 Å². The molecule has 0 unspecified atom stereocenters. The topological polar surface area (TPSA) is 78.7 Å². The average Bonchev–Trinajstić information content (AvgIpc) is 2.25. The third-order valence-corrected chi connectivity index (χ3v) is 1.64. The summed E-state index contributed by atoms with van der Waals surface area (Å²) in [5, 5.41) is 10.3. The van der Waals surface area contributed by atoms with E-state index in [-0.39, 0.29) is 25.6 Å².